The highest BCUT2D eigenvalue weighted by Crippen LogP contribution is 2.54. The molecule has 0 spiro atoms. The molecule has 6 nitrogen and oxygen atoms in total. The zero-order valence-electron chi connectivity index (χ0n) is 19.4. The van der Waals surface area contributed by atoms with Crippen molar-refractivity contribution in [3.63, 3.8) is 0 Å². The number of aromatic amines is 1. The van der Waals surface area contributed by atoms with Gasteiger partial charge in [0, 0.05) is 17.7 Å². The quantitative estimate of drug-likeness (QED) is 0.111. The molecule has 0 aliphatic heterocycles. The third kappa shape index (κ3) is 4.81. The molecule has 5 rings (SSSR count). The fraction of sp³-hybridized carbons (Fsp3) is 0. The molecule has 1 aromatic heterocycles. The lowest BCUT2D eigenvalue weighted by molar-refractivity contribution is -0.384. The van der Waals surface area contributed by atoms with Crippen LogP contribution in [0.4, 0.5) is 5.69 Å². The van der Waals surface area contributed by atoms with E-state index in [1.165, 1.54) is 12.1 Å². The predicted octanol–water partition coefficient (Wildman–Crippen LogP) is 1.26. The van der Waals surface area contributed by atoms with E-state index in [1.54, 1.807) is 12.1 Å². The lowest BCUT2D eigenvalue weighted by Gasteiger charge is -2.27. The van der Waals surface area contributed by atoms with Crippen molar-refractivity contribution in [1.82, 2.24) is 9.97 Å². The second-order valence-electron chi connectivity index (χ2n) is 8.07. The molecule has 0 unspecified atom stereocenters. The van der Waals surface area contributed by atoms with Gasteiger partial charge in [0.2, 0.25) is 5.30 Å². The Hall–Kier alpha value is -3.77. The number of hydrogen-bond acceptors (Lipinski definition) is 5. The van der Waals surface area contributed by atoms with Crippen LogP contribution >= 0.6 is 19.9 Å². The molecule has 0 aliphatic rings. The van der Waals surface area contributed by atoms with Crippen LogP contribution in [0.1, 0.15) is 0 Å². The second kappa shape index (κ2) is 11.1. The highest BCUT2D eigenvalue weighted by atomic mass is 35.5. The first-order valence-electron chi connectivity index (χ1n) is 11.2. The van der Waals surface area contributed by atoms with Crippen molar-refractivity contribution < 1.29 is 17.3 Å². The van der Waals surface area contributed by atoms with Crippen LogP contribution in [-0.4, -0.2) is 14.9 Å². The molecule has 5 aromatic rings. The molecule has 4 aromatic carbocycles. The van der Waals surface area contributed by atoms with Crippen molar-refractivity contribution in [1.29, 1.82) is 0 Å². The Morgan fingerprint density at radius 3 is 1.54 bits per heavy atom. The van der Waals surface area contributed by atoms with Crippen molar-refractivity contribution in [3.05, 3.63) is 136 Å². The Labute approximate surface area is 225 Å². The molecule has 184 valence electrons. The van der Waals surface area contributed by atoms with Crippen LogP contribution in [0, 0.1) is 10.1 Å². The third-order valence-corrected chi connectivity index (χ3v) is 10.8. The number of rotatable bonds is 6. The minimum absolute atomic E-state index is 0. The SMILES string of the molecule is O=c1[nH]c(-c2ccc([N+](=O)[O-])cc2)nc(S)c1[P+](c1ccccc1)(c1ccccc1)c1ccccc1.[Cl-]. The molecule has 0 saturated carbocycles. The number of aromatic nitrogens is 2. The molecule has 0 amide bonds. The summed E-state index contributed by atoms with van der Waals surface area (Å²) in [5.41, 5.74) is 0.224. The number of non-ortho nitro benzene ring substituents is 1. The van der Waals surface area contributed by atoms with E-state index >= 15 is 0 Å². The summed E-state index contributed by atoms with van der Waals surface area (Å²) in [6.07, 6.45) is 0. The first-order chi connectivity index (χ1) is 17.5. The molecule has 0 bridgehead atoms. The summed E-state index contributed by atoms with van der Waals surface area (Å²) >= 11 is 4.77. The van der Waals surface area contributed by atoms with Crippen LogP contribution in [0.25, 0.3) is 11.4 Å². The third-order valence-electron chi connectivity index (χ3n) is 5.99. The number of halogens is 1. The molecule has 0 atom stereocenters. The average Bonchev–Trinajstić information content (AvgIpc) is 2.92. The number of H-pyrrole nitrogens is 1. The number of nitrogens with zero attached hydrogens (tertiary/aromatic N) is 2. The van der Waals surface area contributed by atoms with Crippen LogP contribution < -0.4 is 39.2 Å². The van der Waals surface area contributed by atoms with Crippen LogP contribution in [0.5, 0.6) is 0 Å². The van der Waals surface area contributed by atoms with E-state index in [2.05, 4.69) is 9.97 Å². The number of hydrogen-bond donors (Lipinski definition) is 2. The number of nitro benzene ring substituents is 1. The van der Waals surface area contributed by atoms with Crippen LogP contribution in [-0.2, 0) is 0 Å². The van der Waals surface area contributed by atoms with E-state index in [0.717, 1.165) is 15.9 Å². The summed E-state index contributed by atoms with van der Waals surface area (Å²) in [7, 11) is -2.69. The van der Waals surface area contributed by atoms with Gasteiger partial charge in [0.25, 0.3) is 11.2 Å². The highest BCUT2D eigenvalue weighted by Gasteiger charge is 2.51. The predicted molar refractivity (Wildman–Crippen MR) is 149 cm³/mol. The maximum Gasteiger partial charge on any atom is 0.296 e. The van der Waals surface area contributed by atoms with Crippen molar-refractivity contribution in [2.24, 2.45) is 0 Å². The average molecular weight is 546 g/mol. The van der Waals surface area contributed by atoms with E-state index in [9.17, 15) is 14.9 Å². The molecule has 1 N–H and O–H groups in total. The van der Waals surface area contributed by atoms with Gasteiger partial charge < -0.3 is 17.4 Å². The lowest BCUT2D eigenvalue weighted by Crippen LogP contribution is -3.00. The Kier molecular flexibility index (Phi) is 7.89. The van der Waals surface area contributed by atoms with E-state index in [4.69, 9.17) is 12.6 Å². The molecule has 0 radical (unpaired) electrons. The fourth-order valence-electron chi connectivity index (χ4n) is 4.42. The smallest absolute Gasteiger partial charge is 0.296 e. The molecule has 1 heterocycles. The maximum atomic E-state index is 14.0. The zero-order valence-corrected chi connectivity index (χ0v) is 21.9. The van der Waals surface area contributed by atoms with Crippen molar-refractivity contribution >= 4 is 46.8 Å². The molecular formula is C28H21ClN3O3PS. The van der Waals surface area contributed by atoms with Crippen LogP contribution in [0.2, 0.25) is 0 Å². The Morgan fingerprint density at radius 2 is 1.16 bits per heavy atom. The van der Waals surface area contributed by atoms with Gasteiger partial charge in [-0.1, -0.05) is 54.6 Å². The van der Waals surface area contributed by atoms with E-state index in [1.807, 2.05) is 91.0 Å². The summed E-state index contributed by atoms with van der Waals surface area (Å²) < 4.78 is 0. The monoisotopic (exact) mass is 545 g/mol. The molecule has 0 saturated heterocycles. The normalized spacial score (nSPS) is 10.9. The van der Waals surface area contributed by atoms with Crippen LogP contribution in [0.3, 0.4) is 0 Å². The summed E-state index contributed by atoms with van der Waals surface area (Å²) in [5, 5.41) is 14.9. The van der Waals surface area contributed by atoms with Gasteiger partial charge in [0.15, 0.2) is 7.26 Å². The van der Waals surface area contributed by atoms with Gasteiger partial charge in [-0.2, -0.15) is 0 Å². The minimum atomic E-state index is -2.69. The second-order valence-corrected chi connectivity index (χ2v) is 11.8. The highest BCUT2D eigenvalue weighted by molar-refractivity contribution is 8.02. The standard InChI is InChI=1S/C28H20N3O3PS.ClH/c32-27-25(28(36)30-26(29-27)20-16-18-21(19-17-20)31(33)34)35(22-10-4-1-5-11-22,23-12-6-2-7-13-23)24-14-8-3-9-15-24;/h1-19H,(H-,29,30,32,36);1H. The largest absolute Gasteiger partial charge is 1.00 e. The van der Waals surface area contributed by atoms with Crippen molar-refractivity contribution in [3.8, 4) is 11.4 Å². The van der Waals surface area contributed by atoms with E-state index in [-0.39, 0.29) is 23.7 Å². The first-order valence-corrected chi connectivity index (χ1v) is 13.4. The summed E-state index contributed by atoms with van der Waals surface area (Å²) in [6, 6.07) is 35.9. The van der Waals surface area contributed by atoms with Crippen molar-refractivity contribution in [2.45, 2.75) is 5.03 Å². The summed E-state index contributed by atoms with van der Waals surface area (Å²) in [6.45, 7) is 0. The fourth-order valence-corrected chi connectivity index (χ4v) is 9.31. The van der Waals surface area contributed by atoms with Crippen molar-refractivity contribution in [2.75, 3.05) is 0 Å². The van der Waals surface area contributed by atoms with Crippen LogP contribution in [0.15, 0.2) is 125 Å². The number of nitrogens with one attached hydrogen (secondary N) is 1. The Morgan fingerprint density at radius 1 is 0.730 bits per heavy atom. The first kappa shape index (κ1) is 26.3. The van der Waals surface area contributed by atoms with Gasteiger partial charge >= 0.3 is 0 Å². The van der Waals surface area contributed by atoms with Gasteiger partial charge in [-0.25, -0.2) is 4.98 Å². The molecule has 9 heteroatoms. The minimum Gasteiger partial charge on any atom is -1.00 e. The summed E-state index contributed by atoms with van der Waals surface area (Å²) in [5.74, 6) is 0.302. The Balaban J connectivity index is 0.00000320. The summed E-state index contributed by atoms with van der Waals surface area (Å²) in [4.78, 5) is 32.2. The molecule has 0 fully saturated rings. The van der Waals surface area contributed by atoms with Gasteiger partial charge in [-0.15, -0.1) is 12.6 Å². The van der Waals surface area contributed by atoms with E-state index in [0.29, 0.717) is 21.7 Å². The van der Waals surface area contributed by atoms with E-state index < -0.39 is 12.2 Å². The van der Waals surface area contributed by atoms with Gasteiger partial charge in [0.05, 0.1) is 4.92 Å². The van der Waals surface area contributed by atoms with Gasteiger partial charge in [-0.3, -0.25) is 14.9 Å². The molecular weight excluding hydrogens is 525 g/mol. The Bertz CT molecular complexity index is 1490. The number of thiol groups is 1. The molecule has 37 heavy (non-hydrogen) atoms. The zero-order chi connectivity index (χ0) is 25.1. The van der Waals surface area contributed by atoms with Gasteiger partial charge in [-0.05, 0) is 48.5 Å². The number of benzene rings is 4. The maximum absolute atomic E-state index is 14.0. The number of nitro groups is 1. The topological polar surface area (TPSA) is 88.9 Å². The van der Waals surface area contributed by atoms with Gasteiger partial charge in [0.1, 0.15) is 26.8 Å². The molecule has 0 aliphatic carbocycles. The lowest BCUT2D eigenvalue weighted by atomic mass is 10.2.